The highest BCUT2D eigenvalue weighted by atomic mass is 35.5. The van der Waals surface area contributed by atoms with E-state index in [0.717, 1.165) is 5.56 Å². The summed E-state index contributed by atoms with van der Waals surface area (Å²) in [7, 11) is -5.54. The second kappa shape index (κ2) is 22.1. The van der Waals surface area contributed by atoms with Crippen LogP contribution in [0.15, 0.2) is 49.2 Å². The van der Waals surface area contributed by atoms with E-state index in [1.54, 1.807) is 21.6 Å². The van der Waals surface area contributed by atoms with Gasteiger partial charge in [-0.15, -0.1) is 0 Å². The van der Waals surface area contributed by atoms with Gasteiger partial charge in [0.15, 0.2) is 46.1 Å². The Kier molecular flexibility index (Phi) is 16.7. The summed E-state index contributed by atoms with van der Waals surface area (Å²) in [5.41, 5.74) is 2.25. The number of hydrogen-bond acceptors (Lipinski definition) is 19. The lowest BCUT2D eigenvalue weighted by atomic mass is 10.1. The van der Waals surface area contributed by atoms with E-state index >= 15 is 0 Å². The van der Waals surface area contributed by atoms with Crippen LogP contribution in [0.25, 0.3) is 22.2 Å². The summed E-state index contributed by atoms with van der Waals surface area (Å²) in [6.45, 7) is 13.4. The van der Waals surface area contributed by atoms with Crippen molar-refractivity contribution >= 4 is 111 Å². The molecule has 10 atom stereocenters. The maximum Gasteiger partial charge on any atom is 0.327 e. The van der Waals surface area contributed by atoms with Crippen LogP contribution in [0.1, 0.15) is 89.7 Å². The number of nitriles is 1. The van der Waals surface area contributed by atoms with Gasteiger partial charge in [0.05, 0.1) is 44.0 Å². The number of benzene rings is 1. The first-order valence-corrected chi connectivity index (χ1v) is 36.6. The molecule has 4 aliphatic heterocycles. The first-order chi connectivity index (χ1) is 36.1. The van der Waals surface area contributed by atoms with Gasteiger partial charge >= 0.3 is 13.4 Å². The fraction of sp³-hybridized carbons (Fsp3) is 0.583. The molecule has 5 aromatic rings. The van der Waals surface area contributed by atoms with Crippen molar-refractivity contribution in [2.45, 2.75) is 153 Å². The van der Waals surface area contributed by atoms with Gasteiger partial charge in [0.25, 0.3) is 5.91 Å². The smallest absolute Gasteiger partial charge is 0.327 e. The normalized spacial score (nSPS) is 28.5. The number of nitrogens with one attached hydrogen (secondary N) is 1. The second-order valence-electron chi connectivity index (χ2n) is 22.4. The van der Waals surface area contributed by atoms with Crippen LogP contribution in [0.4, 0.5) is 11.6 Å². The van der Waals surface area contributed by atoms with E-state index in [4.69, 9.17) is 86.1 Å². The molecule has 8 heterocycles. The molecular formula is C48H65ClN10O12P2S2Si2. The Morgan fingerprint density at radius 1 is 0.896 bits per heavy atom. The van der Waals surface area contributed by atoms with E-state index in [-0.39, 0.29) is 64.5 Å². The van der Waals surface area contributed by atoms with Crippen LogP contribution in [-0.2, 0) is 75.8 Å². The summed E-state index contributed by atoms with van der Waals surface area (Å²) in [4.78, 5) is 63.3. The number of hydrogen-bond donors (Lipinski definition) is 2. The molecule has 0 aliphatic carbocycles. The third kappa shape index (κ3) is 12.0. The second-order valence-corrected chi connectivity index (χ2v) is 38.0. The van der Waals surface area contributed by atoms with Gasteiger partial charge in [0.1, 0.15) is 54.4 Å². The van der Waals surface area contributed by atoms with Gasteiger partial charge < -0.3 is 46.7 Å². The molecule has 2 unspecified atom stereocenters. The first kappa shape index (κ1) is 58.1. The van der Waals surface area contributed by atoms with Gasteiger partial charge in [-0.2, -0.15) is 15.2 Å². The zero-order chi connectivity index (χ0) is 55.6. The van der Waals surface area contributed by atoms with Crippen molar-refractivity contribution < 1.29 is 55.4 Å². The Labute approximate surface area is 464 Å². The average Bonchev–Trinajstić information content (AvgIpc) is 4.14. The Morgan fingerprint density at radius 3 is 2.25 bits per heavy atom. The molecule has 0 radical (unpaired) electrons. The molecule has 22 nitrogen and oxygen atoms in total. The van der Waals surface area contributed by atoms with Gasteiger partial charge in [-0.3, -0.25) is 28.1 Å². The van der Waals surface area contributed by atoms with Gasteiger partial charge in [-0.25, -0.2) is 15.0 Å². The number of imidazole rings is 1. The zero-order valence-corrected chi connectivity index (χ0v) is 50.9. The lowest BCUT2D eigenvalue weighted by molar-refractivity contribution is -0.114. The van der Waals surface area contributed by atoms with Crippen molar-refractivity contribution in [3.05, 3.63) is 65.6 Å². The minimum absolute atomic E-state index is 0.0600. The van der Waals surface area contributed by atoms with Crippen molar-refractivity contribution in [2.24, 2.45) is 0 Å². The predicted molar refractivity (Wildman–Crippen MR) is 299 cm³/mol. The van der Waals surface area contributed by atoms with Crippen LogP contribution in [0, 0.1) is 11.3 Å². The van der Waals surface area contributed by atoms with Crippen LogP contribution in [0.5, 0.6) is 0 Å². The highest BCUT2D eigenvalue weighted by molar-refractivity contribution is 8.07. The number of ether oxygens (including phenoxy) is 2. The van der Waals surface area contributed by atoms with E-state index in [1.165, 1.54) is 19.6 Å². The number of halogens is 1. The molecule has 3 fully saturated rings. The molecule has 4 aliphatic rings. The summed E-state index contributed by atoms with van der Waals surface area (Å²) in [6, 6.07) is 11.2. The number of aryl methyl sites for hydroxylation is 1. The Bertz CT molecular complexity index is 3200. The molecule has 2 N–H and O–H groups in total. The molecular weight excluding hydrogens is 1130 g/mol. The van der Waals surface area contributed by atoms with Crippen molar-refractivity contribution in [3.8, 4) is 6.07 Å². The molecule has 77 heavy (non-hydrogen) atoms. The van der Waals surface area contributed by atoms with Crippen LogP contribution in [0.3, 0.4) is 0 Å². The van der Waals surface area contributed by atoms with Gasteiger partial charge in [-0.05, 0) is 102 Å². The fourth-order valence-electron chi connectivity index (χ4n) is 9.17. The number of carbonyl (C=O) groups excluding carboxylic acids is 2. The third-order valence-electron chi connectivity index (χ3n) is 15.1. The van der Waals surface area contributed by atoms with E-state index < -0.39 is 85.1 Å². The monoisotopic (exact) mass is 1190 g/mol. The van der Waals surface area contributed by atoms with E-state index in [2.05, 4.69) is 94.1 Å². The topological polar surface area (TPSA) is 251 Å². The summed E-state index contributed by atoms with van der Waals surface area (Å²) < 4.78 is 65.2. The van der Waals surface area contributed by atoms with Gasteiger partial charge in [-0.1, -0.05) is 59.7 Å². The van der Waals surface area contributed by atoms with Gasteiger partial charge in [0.2, 0.25) is 11.2 Å². The van der Waals surface area contributed by atoms with Crippen LogP contribution in [0.2, 0.25) is 41.5 Å². The molecule has 416 valence electrons. The van der Waals surface area contributed by atoms with Crippen LogP contribution in [-0.4, -0.2) is 130 Å². The zero-order valence-electron chi connectivity index (χ0n) is 44.7. The summed E-state index contributed by atoms with van der Waals surface area (Å²) in [6.07, 6.45) is -2.70. The van der Waals surface area contributed by atoms with E-state index in [0.29, 0.717) is 41.8 Å². The number of fused-ring (bicyclic) bond motifs is 4. The summed E-state index contributed by atoms with van der Waals surface area (Å²) >= 11 is 18.8. The van der Waals surface area contributed by atoms with E-state index in [9.17, 15) is 19.7 Å². The molecule has 9 rings (SSSR count). The maximum absolute atomic E-state index is 14.1. The largest absolute Gasteiger partial charge is 0.408 e. The molecule has 1 aromatic carbocycles. The minimum atomic E-state index is -4.32. The number of aromatic nitrogens is 7. The van der Waals surface area contributed by atoms with Crippen LogP contribution < -0.4 is 10.2 Å². The fourth-order valence-corrected chi connectivity index (χ4v) is 15.4. The predicted octanol–water partition coefficient (Wildman–Crippen LogP) is 9.24. The standard InChI is InChI=1S/C48H65ClN10O12P2S2Si2/c1-28(60)54-39-34-42(56-46(49)55-39)59(27-53-34)44-37-36(70-76(8,9)47(2,3)4)32(67-44)24-64-72(62,74)68-35-31(25-65-73(75,69-37)63-22-16-20-50)66-45(38(35)71-77(10,11)48(5,6)7)58-23-30-19-15-21-57(40-33(30)41(58)52-26-51-40)43(61)29-17-13-12-14-18-29/h12-14,17-18,23,26-27,31-32,35-38,44-45H,15-16,19,21-22,24-25H2,1-11H3,(H,62,74)(H,54,55,56,60)/t31-,32-,35-,36-,37-,38-,44-,45-,72?,73?/m1/s1. The molecule has 0 spiro atoms. The lowest BCUT2D eigenvalue weighted by Gasteiger charge is -2.41. The number of nitrogens with zero attached hydrogens (tertiary/aromatic N) is 9. The quantitative estimate of drug-likeness (QED) is 0.0541. The maximum atomic E-state index is 14.1. The molecule has 29 heteroatoms. The van der Waals surface area contributed by atoms with Crippen LogP contribution >= 0.6 is 25.0 Å². The minimum Gasteiger partial charge on any atom is -0.408 e. The lowest BCUT2D eigenvalue weighted by Crippen LogP contribution is -2.50. The Balaban J connectivity index is 1.16. The Morgan fingerprint density at radius 2 is 1.57 bits per heavy atom. The number of carbonyl (C=O) groups is 2. The Hall–Kier alpha value is -3.56. The molecule has 2 amide bonds. The molecule has 3 saturated heterocycles. The average molecular weight is 1190 g/mol. The highest BCUT2D eigenvalue weighted by Gasteiger charge is 2.57. The molecule has 0 saturated carbocycles. The SMILES string of the molecule is CC(=O)Nc1nc(Cl)nc2c1ncn2[C@@H]1O[C@@H]2COP(O)(=S)O[C@H]3[C@@H](O[Si](C)(C)C(C)(C)C)[C@H](n4cc5c6c(ncnc64)N(C(=O)c4ccccc4)CCC5)O[C@@H]3COP(=S)(OCCC#N)O[C@@H]1[C@@H]2O[Si](C)(C)C(C)(C)C. The summed E-state index contributed by atoms with van der Waals surface area (Å²) in [5, 5.41) is 12.2. The van der Waals surface area contributed by atoms with Crippen molar-refractivity contribution in [3.63, 3.8) is 0 Å². The van der Waals surface area contributed by atoms with Crippen molar-refractivity contribution in [1.29, 1.82) is 5.26 Å². The first-order valence-electron chi connectivity index (χ1n) is 25.3. The number of amides is 2. The van der Waals surface area contributed by atoms with E-state index in [1.807, 2.05) is 29.0 Å². The van der Waals surface area contributed by atoms with Gasteiger partial charge in [0, 0.05) is 25.2 Å². The number of rotatable bonds is 11. The molecule has 2 bridgehead atoms. The molecule has 4 aromatic heterocycles. The van der Waals surface area contributed by atoms with Crippen molar-refractivity contribution in [2.75, 3.05) is 36.6 Å². The van der Waals surface area contributed by atoms with Crippen molar-refractivity contribution in [1.82, 2.24) is 34.1 Å². The summed E-state index contributed by atoms with van der Waals surface area (Å²) in [5.74, 6) is -0.0895. The number of anilines is 2. The highest BCUT2D eigenvalue weighted by Crippen LogP contribution is 2.59. The third-order valence-corrected chi connectivity index (χ3v) is 28.1.